The molecule has 1 aromatic heterocycles. The molecule has 1 aromatic rings. The molecule has 21 heavy (non-hydrogen) atoms. The van der Waals surface area contributed by atoms with Crippen LogP contribution in [0.2, 0.25) is 0 Å². The summed E-state index contributed by atoms with van der Waals surface area (Å²) in [5, 5.41) is 19.9. The van der Waals surface area contributed by atoms with E-state index in [-0.39, 0.29) is 5.56 Å². The van der Waals surface area contributed by atoms with Crippen molar-refractivity contribution in [1.82, 2.24) is 9.88 Å². The maximum atomic E-state index is 11.1. The van der Waals surface area contributed by atoms with Gasteiger partial charge in [0, 0.05) is 25.2 Å². The number of aromatic nitrogens is 1. The number of carboxylic acids is 1. The molecule has 8 nitrogen and oxygen atoms in total. The fourth-order valence-corrected chi connectivity index (χ4v) is 2.54. The number of piperidine rings is 1. The Morgan fingerprint density at radius 1 is 1.48 bits per heavy atom. The Kier molecular flexibility index (Phi) is 4.37. The topological polar surface area (TPSA) is 99.8 Å². The lowest BCUT2D eigenvalue weighted by Crippen LogP contribution is -2.42. The van der Waals surface area contributed by atoms with Crippen molar-refractivity contribution >= 4 is 17.5 Å². The first-order valence-electron chi connectivity index (χ1n) is 6.69. The Hall–Kier alpha value is -2.22. The molecule has 0 radical (unpaired) electrons. The maximum Gasteiger partial charge on any atom is 0.342 e. The first-order valence-corrected chi connectivity index (χ1v) is 6.69. The summed E-state index contributed by atoms with van der Waals surface area (Å²) >= 11 is 0. The quantitative estimate of drug-likeness (QED) is 0.658. The summed E-state index contributed by atoms with van der Waals surface area (Å²) in [7, 11) is 4.07. The van der Waals surface area contributed by atoms with Gasteiger partial charge in [-0.3, -0.25) is 10.1 Å². The smallest absolute Gasteiger partial charge is 0.342 e. The van der Waals surface area contributed by atoms with Crippen LogP contribution in [-0.2, 0) is 0 Å². The molecule has 1 aliphatic heterocycles. The number of rotatable bonds is 4. The molecule has 0 aliphatic carbocycles. The van der Waals surface area contributed by atoms with E-state index in [4.69, 9.17) is 5.11 Å². The molecular formula is C13H18N4O4. The summed E-state index contributed by atoms with van der Waals surface area (Å²) in [6, 6.07) is 1.79. The largest absolute Gasteiger partial charge is 0.477 e. The average molecular weight is 294 g/mol. The van der Waals surface area contributed by atoms with E-state index in [0.29, 0.717) is 11.9 Å². The molecule has 8 heteroatoms. The molecule has 1 fully saturated rings. The van der Waals surface area contributed by atoms with Crippen LogP contribution in [0.4, 0.5) is 11.5 Å². The van der Waals surface area contributed by atoms with Gasteiger partial charge in [-0.25, -0.2) is 9.78 Å². The molecule has 0 atom stereocenters. The Balaban J connectivity index is 2.20. The highest BCUT2D eigenvalue weighted by atomic mass is 16.6. The molecular weight excluding hydrogens is 276 g/mol. The van der Waals surface area contributed by atoms with Crippen molar-refractivity contribution in [2.75, 3.05) is 32.1 Å². The zero-order valence-electron chi connectivity index (χ0n) is 12.0. The van der Waals surface area contributed by atoms with Crippen molar-refractivity contribution in [3.8, 4) is 0 Å². The molecule has 2 heterocycles. The summed E-state index contributed by atoms with van der Waals surface area (Å²) in [4.78, 5) is 29.4. The summed E-state index contributed by atoms with van der Waals surface area (Å²) in [5.41, 5.74) is -0.797. The second-order valence-corrected chi connectivity index (χ2v) is 5.30. The number of carboxylic acid groups (broad SMARTS) is 1. The van der Waals surface area contributed by atoms with E-state index < -0.39 is 16.6 Å². The number of nitro groups is 1. The standard InChI is InChI=1S/C13H18N4O4/c1-15(2)9-3-5-16(6-4-9)12-7-10(13(18)19)11(8-14-12)17(20)21/h7-9H,3-6H2,1-2H3,(H,18,19). The van der Waals surface area contributed by atoms with Crippen LogP contribution in [0.5, 0.6) is 0 Å². The third-order valence-electron chi connectivity index (χ3n) is 3.81. The van der Waals surface area contributed by atoms with E-state index in [2.05, 4.69) is 9.88 Å². The van der Waals surface area contributed by atoms with Gasteiger partial charge in [-0.05, 0) is 26.9 Å². The summed E-state index contributed by atoms with van der Waals surface area (Å²) in [6.07, 6.45) is 2.93. The monoisotopic (exact) mass is 294 g/mol. The molecule has 0 spiro atoms. The van der Waals surface area contributed by atoms with Crippen LogP contribution in [0.3, 0.4) is 0 Å². The predicted octanol–water partition coefficient (Wildman–Crippen LogP) is 1.22. The Morgan fingerprint density at radius 2 is 2.10 bits per heavy atom. The van der Waals surface area contributed by atoms with Crippen LogP contribution in [0.1, 0.15) is 23.2 Å². The third-order valence-corrected chi connectivity index (χ3v) is 3.81. The number of hydrogen-bond donors (Lipinski definition) is 1. The van der Waals surface area contributed by atoms with Crippen molar-refractivity contribution < 1.29 is 14.8 Å². The van der Waals surface area contributed by atoms with Gasteiger partial charge >= 0.3 is 11.7 Å². The first-order chi connectivity index (χ1) is 9.90. The van der Waals surface area contributed by atoms with Gasteiger partial charge in [0.25, 0.3) is 0 Å². The molecule has 1 saturated heterocycles. The average Bonchev–Trinajstić information content (AvgIpc) is 2.46. The zero-order chi connectivity index (χ0) is 15.6. The summed E-state index contributed by atoms with van der Waals surface area (Å²) in [5.74, 6) is -0.830. The minimum absolute atomic E-state index is 0.320. The number of anilines is 1. The molecule has 2 rings (SSSR count). The van der Waals surface area contributed by atoms with Crippen LogP contribution < -0.4 is 4.90 Å². The molecule has 0 bridgehead atoms. The van der Waals surface area contributed by atoms with Gasteiger partial charge in [0.05, 0.1) is 4.92 Å². The fraction of sp³-hybridized carbons (Fsp3) is 0.538. The van der Waals surface area contributed by atoms with Crippen LogP contribution in [0.15, 0.2) is 12.3 Å². The first kappa shape index (κ1) is 15.2. The fourth-order valence-electron chi connectivity index (χ4n) is 2.54. The van der Waals surface area contributed by atoms with Crippen molar-refractivity contribution in [1.29, 1.82) is 0 Å². The van der Waals surface area contributed by atoms with E-state index >= 15 is 0 Å². The molecule has 0 saturated carbocycles. The van der Waals surface area contributed by atoms with E-state index in [9.17, 15) is 14.9 Å². The highest BCUT2D eigenvalue weighted by molar-refractivity contribution is 5.93. The molecule has 1 aliphatic rings. The lowest BCUT2D eigenvalue weighted by Gasteiger charge is -2.35. The molecule has 0 unspecified atom stereocenters. The number of pyridine rings is 1. The lowest BCUT2D eigenvalue weighted by atomic mass is 10.0. The van der Waals surface area contributed by atoms with E-state index in [1.807, 2.05) is 19.0 Å². The lowest BCUT2D eigenvalue weighted by molar-refractivity contribution is -0.385. The van der Waals surface area contributed by atoms with Gasteiger partial charge in [-0.2, -0.15) is 0 Å². The van der Waals surface area contributed by atoms with Crippen molar-refractivity contribution in [2.24, 2.45) is 0 Å². The number of carbonyl (C=O) groups is 1. The summed E-state index contributed by atoms with van der Waals surface area (Å²) in [6.45, 7) is 1.51. The minimum atomic E-state index is -1.31. The Labute approximate surface area is 122 Å². The maximum absolute atomic E-state index is 11.1. The van der Waals surface area contributed by atoms with Crippen LogP contribution in [-0.4, -0.2) is 59.1 Å². The van der Waals surface area contributed by atoms with Crippen molar-refractivity contribution in [2.45, 2.75) is 18.9 Å². The summed E-state index contributed by atoms with van der Waals surface area (Å²) < 4.78 is 0. The third kappa shape index (κ3) is 3.27. The highest BCUT2D eigenvalue weighted by Gasteiger charge is 2.25. The van der Waals surface area contributed by atoms with Gasteiger partial charge in [0.1, 0.15) is 17.6 Å². The van der Waals surface area contributed by atoms with Gasteiger partial charge in [-0.1, -0.05) is 0 Å². The highest BCUT2D eigenvalue weighted by Crippen LogP contribution is 2.25. The SMILES string of the molecule is CN(C)C1CCN(c2cc(C(=O)O)c([N+](=O)[O-])cn2)CC1. The number of hydrogen-bond acceptors (Lipinski definition) is 6. The Morgan fingerprint density at radius 3 is 2.57 bits per heavy atom. The minimum Gasteiger partial charge on any atom is -0.477 e. The second kappa shape index (κ2) is 6.04. The molecule has 114 valence electrons. The Bertz CT molecular complexity index is 553. The van der Waals surface area contributed by atoms with E-state index in [1.54, 1.807) is 0 Å². The van der Waals surface area contributed by atoms with E-state index in [0.717, 1.165) is 32.1 Å². The van der Waals surface area contributed by atoms with Crippen molar-refractivity contribution in [3.05, 3.63) is 27.9 Å². The van der Waals surface area contributed by atoms with Crippen LogP contribution in [0, 0.1) is 10.1 Å². The predicted molar refractivity (Wildman–Crippen MR) is 76.8 cm³/mol. The van der Waals surface area contributed by atoms with Crippen LogP contribution >= 0.6 is 0 Å². The zero-order valence-corrected chi connectivity index (χ0v) is 12.0. The van der Waals surface area contributed by atoms with Gasteiger partial charge in [0.2, 0.25) is 0 Å². The number of aromatic carboxylic acids is 1. The van der Waals surface area contributed by atoms with E-state index in [1.165, 1.54) is 6.07 Å². The molecule has 0 amide bonds. The molecule has 1 N–H and O–H groups in total. The normalized spacial score (nSPS) is 16.2. The van der Waals surface area contributed by atoms with Gasteiger partial charge < -0.3 is 14.9 Å². The number of nitrogens with zero attached hydrogens (tertiary/aromatic N) is 4. The van der Waals surface area contributed by atoms with Crippen LogP contribution in [0.25, 0.3) is 0 Å². The van der Waals surface area contributed by atoms with Crippen molar-refractivity contribution in [3.63, 3.8) is 0 Å². The second-order valence-electron chi connectivity index (χ2n) is 5.30. The van der Waals surface area contributed by atoms with Gasteiger partial charge in [-0.15, -0.1) is 0 Å². The molecule has 0 aromatic carbocycles. The van der Waals surface area contributed by atoms with Gasteiger partial charge in [0.15, 0.2) is 0 Å².